The molecular weight excluding hydrogens is 162 g/mol. The predicted molar refractivity (Wildman–Crippen MR) is 41.9 cm³/mol. The van der Waals surface area contributed by atoms with Crippen LogP contribution in [0.3, 0.4) is 0 Å². The minimum atomic E-state index is -1.07. The van der Waals surface area contributed by atoms with Gasteiger partial charge in [0.1, 0.15) is 24.5 Å². The molecule has 6 heteroatoms. The van der Waals surface area contributed by atoms with E-state index in [0.29, 0.717) is 0 Å². The van der Waals surface area contributed by atoms with E-state index in [2.05, 4.69) is 0 Å². The highest BCUT2D eigenvalue weighted by molar-refractivity contribution is 4.92. The van der Waals surface area contributed by atoms with Gasteiger partial charge in [0.05, 0.1) is 6.04 Å². The van der Waals surface area contributed by atoms with Gasteiger partial charge >= 0.3 is 0 Å². The molecule has 0 aromatic carbocycles. The summed E-state index contributed by atoms with van der Waals surface area (Å²) in [7, 11) is 0. The molecule has 72 valence electrons. The first-order valence-electron chi connectivity index (χ1n) is 3.80. The van der Waals surface area contributed by atoms with Crippen LogP contribution in [0.25, 0.3) is 0 Å². The molecule has 8 N–H and O–H groups in total. The summed E-state index contributed by atoms with van der Waals surface area (Å²) in [6.07, 6.45) is -3.51. The fourth-order valence-corrected chi connectivity index (χ4v) is 1.21. The van der Waals surface area contributed by atoms with Crippen molar-refractivity contribution in [3.63, 3.8) is 0 Å². The van der Waals surface area contributed by atoms with E-state index in [1.165, 1.54) is 0 Å². The lowest BCUT2D eigenvalue weighted by Crippen LogP contribution is -2.65. The molecule has 0 amide bonds. The molecule has 1 aliphatic rings. The molecule has 0 bridgehead atoms. The largest absolute Gasteiger partial charge is 0.389 e. The number of hydrogen-bond donors (Lipinski definition) is 5. The molecule has 0 radical (unpaired) electrons. The molecule has 0 aromatic rings. The van der Waals surface area contributed by atoms with Crippen LogP contribution in [-0.2, 0) is 4.74 Å². The molecule has 0 aliphatic carbocycles. The van der Waals surface area contributed by atoms with Crippen LogP contribution >= 0.6 is 0 Å². The summed E-state index contributed by atoms with van der Waals surface area (Å²) < 4.78 is 5.05. The molecule has 0 saturated carbocycles. The van der Waals surface area contributed by atoms with Crippen molar-refractivity contribution in [3.8, 4) is 0 Å². The van der Waals surface area contributed by atoms with Gasteiger partial charge in [0.25, 0.3) is 0 Å². The molecule has 0 aromatic heterocycles. The van der Waals surface area contributed by atoms with Crippen molar-refractivity contribution in [2.45, 2.75) is 30.6 Å². The fourth-order valence-electron chi connectivity index (χ4n) is 1.21. The van der Waals surface area contributed by atoms with Crippen LogP contribution in [0.5, 0.6) is 0 Å². The van der Waals surface area contributed by atoms with Crippen LogP contribution in [-0.4, -0.2) is 47.3 Å². The van der Waals surface area contributed by atoms with E-state index in [1.807, 2.05) is 0 Å². The lowest BCUT2D eigenvalue weighted by Gasteiger charge is -2.39. The van der Waals surface area contributed by atoms with Crippen LogP contribution in [0.15, 0.2) is 0 Å². The summed E-state index contributed by atoms with van der Waals surface area (Å²) in [5.74, 6) is 0. The molecule has 1 rings (SSSR count). The van der Waals surface area contributed by atoms with E-state index in [0.717, 1.165) is 0 Å². The summed E-state index contributed by atoms with van der Waals surface area (Å²) >= 11 is 0. The lowest BCUT2D eigenvalue weighted by atomic mass is 9.97. The van der Waals surface area contributed by atoms with Gasteiger partial charge in [-0.25, -0.2) is 0 Å². The SMILES string of the molecule is NCC1O[C@@H](N)[C@@H](N)C(O)[C@@H]1O. The standard InChI is InChI=1S/C6H15N3O3/c7-1-2-4(10)5(11)3(8)6(9)12-2/h2-6,10-11H,1,7-9H2/t2?,3-,4+,5?,6+/m0/s1. The highest BCUT2D eigenvalue weighted by Gasteiger charge is 2.40. The normalized spacial score (nSPS) is 49.2. The van der Waals surface area contributed by atoms with Crippen molar-refractivity contribution in [1.82, 2.24) is 0 Å². The smallest absolute Gasteiger partial charge is 0.124 e. The average molecular weight is 177 g/mol. The third-order valence-corrected chi connectivity index (χ3v) is 2.07. The molecular formula is C6H15N3O3. The van der Waals surface area contributed by atoms with Gasteiger partial charge in [-0.05, 0) is 0 Å². The van der Waals surface area contributed by atoms with Crippen molar-refractivity contribution >= 4 is 0 Å². The maximum absolute atomic E-state index is 9.34. The van der Waals surface area contributed by atoms with Gasteiger partial charge in [0.2, 0.25) is 0 Å². The van der Waals surface area contributed by atoms with Gasteiger partial charge < -0.3 is 32.2 Å². The molecule has 6 nitrogen and oxygen atoms in total. The number of nitrogens with two attached hydrogens (primary N) is 3. The zero-order chi connectivity index (χ0) is 9.30. The average Bonchev–Trinajstić information content (AvgIpc) is 2.08. The highest BCUT2D eigenvalue weighted by Crippen LogP contribution is 2.16. The Labute approximate surface area is 70.3 Å². The fraction of sp³-hybridized carbons (Fsp3) is 1.00. The van der Waals surface area contributed by atoms with E-state index in [4.69, 9.17) is 21.9 Å². The van der Waals surface area contributed by atoms with Gasteiger partial charge in [-0.2, -0.15) is 0 Å². The molecule has 1 aliphatic heterocycles. The second-order valence-corrected chi connectivity index (χ2v) is 2.93. The van der Waals surface area contributed by atoms with Gasteiger partial charge in [0, 0.05) is 6.54 Å². The number of aliphatic hydroxyl groups excluding tert-OH is 2. The van der Waals surface area contributed by atoms with Crippen molar-refractivity contribution in [3.05, 3.63) is 0 Å². The summed E-state index contributed by atoms with van der Waals surface area (Å²) in [6.45, 7) is 0.110. The van der Waals surface area contributed by atoms with Crippen LogP contribution in [0, 0.1) is 0 Å². The van der Waals surface area contributed by atoms with Crippen LogP contribution < -0.4 is 17.2 Å². The number of aliphatic hydroxyl groups is 2. The Morgan fingerprint density at radius 3 is 2.25 bits per heavy atom. The minimum Gasteiger partial charge on any atom is -0.389 e. The Hall–Kier alpha value is -0.240. The van der Waals surface area contributed by atoms with Gasteiger partial charge in [-0.1, -0.05) is 0 Å². The highest BCUT2D eigenvalue weighted by atomic mass is 16.5. The topological polar surface area (TPSA) is 128 Å². The third-order valence-electron chi connectivity index (χ3n) is 2.07. The zero-order valence-corrected chi connectivity index (χ0v) is 6.63. The van der Waals surface area contributed by atoms with E-state index in [-0.39, 0.29) is 6.54 Å². The molecule has 12 heavy (non-hydrogen) atoms. The predicted octanol–water partition coefficient (Wildman–Crippen LogP) is -3.32. The zero-order valence-electron chi connectivity index (χ0n) is 6.63. The van der Waals surface area contributed by atoms with Crippen molar-refractivity contribution in [2.75, 3.05) is 6.54 Å². The van der Waals surface area contributed by atoms with Crippen molar-refractivity contribution in [2.24, 2.45) is 17.2 Å². The first-order valence-corrected chi connectivity index (χ1v) is 3.80. The van der Waals surface area contributed by atoms with Gasteiger partial charge in [-0.15, -0.1) is 0 Å². The second-order valence-electron chi connectivity index (χ2n) is 2.93. The maximum atomic E-state index is 9.34. The van der Waals surface area contributed by atoms with E-state index in [9.17, 15) is 10.2 Å². The molecule has 0 spiro atoms. The molecule has 5 atom stereocenters. The summed E-state index contributed by atoms with van der Waals surface area (Å²) in [5, 5.41) is 18.7. The van der Waals surface area contributed by atoms with E-state index in [1.54, 1.807) is 0 Å². The van der Waals surface area contributed by atoms with Crippen LogP contribution in [0.2, 0.25) is 0 Å². The maximum Gasteiger partial charge on any atom is 0.124 e. The lowest BCUT2D eigenvalue weighted by molar-refractivity contribution is -0.172. The Bertz CT molecular complexity index is 152. The van der Waals surface area contributed by atoms with E-state index < -0.39 is 30.6 Å². The first-order chi connectivity index (χ1) is 5.57. The molecule has 2 unspecified atom stereocenters. The van der Waals surface area contributed by atoms with Crippen molar-refractivity contribution in [1.29, 1.82) is 0 Å². The Balaban J connectivity index is 2.63. The monoisotopic (exact) mass is 177 g/mol. The van der Waals surface area contributed by atoms with Crippen LogP contribution in [0.4, 0.5) is 0 Å². The number of hydrogen-bond acceptors (Lipinski definition) is 6. The Kier molecular flexibility index (Phi) is 2.99. The minimum absolute atomic E-state index is 0.110. The Morgan fingerprint density at radius 2 is 1.75 bits per heavy atom. The number of ether oxygens (including phenoxy) is 1. The summed E-state index contributed by atoms with van der Waals surface area (Å²) in [6, 6.07) is -0.761. The van der Waals surface area contributed by atoms with Gasteiger partial charge in [-0.3, -0.25) is 0 Å². The second kappa shape index (κ2) is 3.65. The first kappa shape index (κ1) is 9.85. The quantitative estimate of drug-likeness (QED) is 0.285. The summed E-state index contributed by atoms with van der Waals surface area (Å²) in [4.78, 5) is 0. The van der Waals surface area contributed by atoms with Crippen molar-refractivity contribution < 1.29 is 14.9 Å². The van der Waals surface area contributed by atoms with Gasteiger partial charge in [0.15, 0.2) is 0 Å². The number of rotatable bonds is 1. The molecule has 1 fully saturated rings. The Morgan fingerprint density at radius 1 is 1.17 bits per heavy atom. The molecule has 1 saturated heterocycles. The third kappa shape index (κ3) is 1.58. The molecule has 1 heterocycles. The van der Waals surface area contributed by atoms with Crippen LogP contribution in [0.1, 0.15) is 0 Å². The van der Waals surface area contributed by atoms with E-state index >= 15 is 0 Å². The summed E-state index contributed by atoms with van der Waals surface area (Å²) in [5.41, 5.74) is 16.1.